The SMILES string of the molecule is CN1CC[C@@H](Nc2cccn3c(CC(F)(F)F)c(C#CCNc4ccccc4)nc23)[C@@H](F)C1. The van der Waals surface area contributed by atoms with E-state index >= 15 is 0 Å². The third-order valence-corrected chi connectivity index (χ3v) is 5.56. The minimum atomic E-state index is -4.42. The summed E-state index contributed by atoms with van der Waals surface area (Å²) in [6.07, 6.45) is -4.54. The van der Waals surface area contributed by atoms with Crippen molar-refractivity contribution in [3.63, 3.8) is 0 Å². The Bertz CT molecular complexity index is 1150. The molecule has 0 radical (unpaired) electrons. The molecule has 1 saturated heterocycles. The number of halogens is 4. The highest BCUT2D eigenvalue weighted by Gasteiger charge is 2.32. The molecule has 1 aromatic carbocycles. The van der Waals surface area contributed by atoms with Gasteiger partial charge in [-0.05, 0) is 43.7 Å². The molecule has 5 nitrogen and oxygen atoms in total. The van der Waals surface area contributed by atoms with Crippen molar-refractivity contribution in [1.29, 1.82) is 0 Å². The molecule has 1 aliphatic rings. The number of fused-ring (bicyclic) bond motifs is 1. The molecule has 2 aromatic heterocycles. The van der Waals surface area contributed by atoms with Crippen LogP contribution in [0.5, 0.6) is 0 Å². The summed E-state index contributed by atoms with van der Waals surface area (Å²) in [5.41, 5.74) is 1.70. The maximum absolute atomic E-state index is 14.5. The number of alkyl halides is 4. The van der Waals surface area contributed by atoms with Gasteiger partial charge in [-0.25, -0.2) is 9.37 Å². The lowest BCUT2D eigenvalue weighted by atomic mass is 10.0. The van der Waals surface area contributed by atoms with Gasteiger partial charge in [-0.15, -0.1) is 0 Å². The third-order valence-electron chi connectivity index (χ3n) is 5.56. The van der Waals surface area contributed by atoms with Gasteiger partial charge in [0.2, 0.25) is 0 Å². The normalized spacial score (nSPS) is 19.2. The highest BCUT2D eigenvalue weighted by molar-refractivity contribution is 5.70. The lowest BCUT2D eigenvalue weighted by Crippen LogP contribution is -2.46. The first-order valence-corrected chi connectivity index (χ1v) is 10.7. The molecule has 4 rings (SSSR count). The Morgan fingerprint density at radius 3 is 2.67 bits per heavy atom. The van der Waals surface area contributed by atoms with Crippen LogP contribution in [0, 0.1) is 11.8 Å². The van der Waals surface area contributed by atoms with Crippen LogP contribution in [-0.2, 0) is 6.42 Å². The Morgan fingerprint density at radius 1 is 1.15 bits per heavy atom. The first-order chi connectivity index (χ1) is 15.8. The minimum Gasteiger partial charge on any atom is -0.376 e. The largest absolute Gasteiger partial charge is 0.394 e. The van der Waals surface area contributed by atoms with E-state index in [1.165, 1.54) is 10.6 Å². The number of aromatic nitrogens is 2. The summed E-state index contributed by atoms with van der Waals surface area (Å²) in [4.78, 5) is 6.33. The number of hydrogen-bond donors (Lipinski definition) is 2. The van der Waals surface area contributed by atoms with Crippen LogP contribution < -0.4 is 10.6 Å². The summed E-state index contributed by atoms with van der Waals surface area (Å²) in [6, 6.07) is 12.3. The number of nitrogens with one attached hydrogen (secondary N) is 2. The van der Waals surface area contributed by atoms with Crippen LogP contribution in [0.1, 0.15) is 17.8 Å². The van der Waals surface area contributed by atoms with Gasteiger partial charge >= 0.3 is 6.18 Å². The fourth-order valence-corrected chi connectivity index (χ4v) is 3.94. The van der Waals surface area contributed by atoms with Gasteiger partial charge < -0.3 is 19.9 Å². The number of benzene rings is 1. The van der Waals surface area contributed by atoms with E-state index in [2.05, 4.69) is 27.5 Å². The van der Waals surface area contributed by atoms with Crippen molar-refractivity contribution in [2.75, 3.05) is 37.3 Å². The maximum atomic E-state index is 14.5. The van der Waals surface area contributed by atoms with Crippen molar-refractivity contribution < 1.29 is 17.6 Å². The van der Waals surface area contributed by atoms with Gasteiger partial charge in [-0.2, -0.15) is 13.2 Å². The van der Waals surface area contributed by atoms with E-state index in [4.69, 9.17) is 0 Å². The number of hydrogen-bond acceptors (Lipinski definition) is 4. The zero-order valence-corrected chi connectivity index (χ0v) is 18.2. The molecule has 2 atom stereocenters. The number of pyridine rings is 1. The molecule has 3 aromatic rings. The van der Waals surface area contributed by atoms with Crippen LogP contribution in [-0.4, -0.2) is 59.4 Å². The van der Waals surface area contributed by atoms with Crippen molar-refractivity contribution in [1.82, 2.24) is 14.3 Å². The first kappa shape index (κ1) is 22.9. The first-order valence-electron chi connectivity index (χ1n) is 10.7. The summed E-state index contributed by atoms with van der Waals surface area (Å²) in [6.45, 7) is 1.30. The molecule has 174 valence electrons. The number of para-hydroxylation sites is 1. The van der Waals surface area contributed by atoms with E-state index in [1.54, 1.807) is 12.1 Å². The molecule has 1 aliphatic heterocycles. The molecule has 2 N–H and O–H groups in total. The zero-order valence-electron chi connectivity index (χ0n) is 18.2. The number of nitrogens with zero attached hydrogens (tertiary/aromatic N) is 3. The molecule has 0 saturated carbocycles. The van der Waals surface area contributed by atoms with Crippen LogP contribution in [0.4, 0.5) is 28.9 Å². The number of anilines is 2. The predicted molar refractivity (Wildman–Crippen MR) is 121 cm³/mol. The Labute approximate surface area is 189 Å². The van der Waals surface area contributed by atoms with Crippen molar-refractivity contribution in [3.05, 3.63) is 60.0 Å². The van der Waals surface area contributed by atoms with E-state index in [0.717, 1.165) is 12.2 Å². The smallest absolute Gasteiger partial charge is 0.376 e. The number of piperidine rings is 1. The summed E-state index contributed by atoms with van der Waals surface area (Å²) >= 11 is 0. The lowest BCUT2D eigenvalue weighted by molar-refractivity contribution is -0.128. The second kappa shape index (κ2) is 9.71. The molecule has 0 amide bonds. The van der Waals surface area contributed by atoms with E-state index in [9.17, 15) is 17.6 Å². The van der Waals surface area contributed by atoms with Crippen molar-refractivity contribution in [2.24, 2.45) is 0 Å². The van der Waals surface area contributed by atoms with E-state index < -0.39 is 24.8 Å². The number of rotatable bonds is 5. The molecule has 0 aliphatic carbocycles. The Kier molecular flexibility index (Phi) is 6.75. The molecule has 0 unspecified atom stereocenters. The third kappa shape index (κ3) is 5.76. The van der Waals surface area contributed by atoms with Gasteiger partial charge in [0.25, 0.3) is 0 Å². The monoisotopic (exact) mass is 459 g/mol. The summed E-state index contributed by atoms with van der Waals surface area (Å²) in [7, 11) is 1.86. The quantitative estimate of drug-likeness (QED) is 0.440. The molecule has 0 spiro atoms. The fraction of sp³-hybridized carbons (Fsp3) is 0.375. The minimum absolute atomic E-state index is 0.0338. The van der Waals surface area contributed by atoms with Crippen LogP contribution in [0.25, 0.3) is 5.65 Å². The molecule has 33 heavy (non-hydrogen) atoms. The predicted octanol–water partition coefficient (Wildman–Crippen LogP) is 4.36. The topological polar surface area (TPSA) is 44.6 Å². The zero-order chi connectivity index (χ0) is 23.4. The Morgan fingerprint density at radius 2 is 1.94 bits per heavy atom. The van der Waals surface area contributed by atoms with Crippen molar-refractivity contribution in [2.45, 2.75) is 31.2 Å². The van der Waals surface area contributed by atoms with Crippen LogP contribution in [0.2, 0.25) is 0 Å². The summed E-state index contributed by atoms with van der Waals surface area (Å²) in [5, 5.41) is 6.26. The molecule has 9 heteroatoms. The highest BCUT2D eigenvalue weighted by atomic mass is 19.4. The maximum Gasteiger partial charge on any atom is 0.394 e. The van der Waals surface area contributed by atoms with Crippen molar-refractivity contribution >= 4 is 17.0 Å². The van der Waals surface area contributed by atoms with E-state index in [1.807, 2.05) is 42.3 Å². The van der Waals surface area contributed by atoms with Gasteiger partial charge in [0.05, 0.1) is 30.4 Å². The lowest BCUT2D eigenvalue weighted by Gasteiger charge is -2.33. The second-order valence-electron chi connectivity index (χ2n) is 8.15. The molecular formula is C24H25F4N5. The molecular weight excluding hydrogens is 434 g/mol. The average molecular weight is 459 g/mol. The van der Waals surface area contributed by atoms with Gasteiger partial charge in [-0.3, -0.25) is 0 Å². The van der Waals surface area contributed by atoms with Gasteiger partial charge in [-0.1, -0.05) is 24.1 Å². The Balaban J connectivity index is 1.62. The summed E-state index contributed by atoms with van der Waals surface area (Å²) < 4.78 is 55.9. The number of imidazole rings is 1. The van der Waals surface area contributed by atoms with Crippen LogP contribution in [0.15, 0.2) is 48.7 Å². The average Bonchev–Trinajstić information content (AvgIpc) is 3.11. The van der Waals surface area contributed by atoms with Crippen LogP contribution in [0.3, 0.4) is 0 Å². The highest BCUT2D eigenvalue weighted by Crippen LogP contribution is 2.28. The fourth-order valence-electron chi connectivity index (χ4n) is 3.94. The molecule has 0 bridgehead atoms. The van der Waals surface area contributed by atoms with Gasteiger partial charge in [0, 0.05) is 25.0 Å². The molecule has 1 fully saturated rings. The number of likely N-dealkylation sites (tertiary alicyclic amines) is 1. The van der Waals surface area contributed by atoms with E-state index in [0.29, 0.717) is 24.3 Å². The van der Waals surface area contributed by atoms with Gasteiger partial charge in [0.15, 0.2) is 5.65 Å². The second-order valence-corrected chi connectivity index (χ2v) is 8.15. The van der Waals surface area contributed by atoms with Crippen LogP contribution >= 0.6 is 0 Å². The summed E-state index contributed by atoms with van der Waals surface area (Å²) in [5.74, 6) is 5.65. The van der Waals surface area contributed by atoms with Crippen molar-refractivity contribution in [3.8, 4) is 11.8 Å². The Hall–Kier alpha value is -3.25. The standard InChI is InChI=1S/C24H25F4N5/c1-32-14-11-19(18(25)16-32)30-21-10-6-13-33-22(15-24(26,27)28)20(31-23(21)33)9-5-12-29-17-7-3-2-4-8-17/h2-4,6-8,10,13,18-19,29-30H,11-12,14-16H2,1H3/t18-,19+/m0/s1. The van der Waals surface area contributed by atoms with Gasteiger partial charge in [0.1, 0.15) is 11.9 Å². The van der Waals surface area contributed by atoms with E-state index in [-0.39, 0.29) is 17.9 Å². The molecule has 3 heterocycles.